The van der Waals surface area contributed by atoms with Gasteiger partial charge in [-0.05, 0) is 18.4 Å². The van der Waals surface area contributed by atoms with Gasteiger partial charge >= 0.3 is 0 Å². The summed E-state index contributed by atoms with van der Waals surface area (Å²) in [6.07, 6.45) is 2.06. The second kappa shape index (κ2) is 3.13. The number of ether oxygens (including phenoxy) is 1. The lowest BCUT2D eigenvalue weighted by molar-refractivity contribution is 0.427. The summed E-state index contributed by atoms with van der Waals surface area (Å²) in [4.78, 5) is 0. The molecule has 0 saturated heterocycles. The van der Waals surface area contributed by atoms with Crippen LogP contribution < -0.4 is 4.74 Å². The van der Waals surface area contributed by atoms with Crippen molar-refractivity contribution < 1.29 is 4.74 Å². The zero-order chi connectivity index (χ0) is 6.69. The Hall–Kier alpha value is -0.150. The van der Waals surface area contributed by atoms with E-state index in [0.29, 0.717) is 0 Å². The van der Waals surface area contributed by atoms with Crippen LogP contribution in [0.3, 0.4) is 0 Å². The number of thioether (sulfide) groups is 1. The third-order valence-corrected chi connectivity index (χ3v) is 3.09. The van der Waals surface area contributed by atoms with Gasteiger partial charge in [0, 0.05) is 0 Å². The summed E-state index contributed by atoms with van der Waals surface area (Å²) < 4.78 is 6.30. The van der Waals surface area contributed by atoms with Crippen LogP contribution in [0.25, 0.3) is 0 Å². The average Bonchev–Trinajstić information content (AvgIpc) is 2.34. The molecule has 3 heteroatoms. The van der Waals surface area contributed by atoms with Crippen LogP contribution in [0.5, 0.6) is 5.06 Å². The van der Waals surface area contributed by atoms with Crippen molar-refractivity contribution in [2.45, 2.75) is 4.21 Å². The van der Waals surface area contributed by atoms with Gasteiger partial charge in [-0.1, -0.05) is 11.3 Å². The number of hydrogen-bond donors (Lipinski definition) is 0. The van der Waals surface area contributed by atoms with Crippen LogP contribution in [0.4, 0.5) is 0 Å². The molecule has 0 fully saturated rings. The molecule has 0 aromatic carbocycles. The molecule has 0 N–H and O–H groups in total. The van der Waals surface area contributed by atoms with Gasteiger partial charge in [-0.2, -0.15) is 0 Å². The molecule has 1 aromatic heterocycles. The molecule has 0 amide bonds. The molecule has 0 atom stereocenters. The first-order valence-electron chi connectivity index (χ1n) is 2.54. The van der Waals surface area contributed by atoms with Gasteiger partial charge in [-0.3, -0.25) is 0 Å². The molecule has 0 unspecified atom stereocenters. The summed E-state index contributed by atoms with van der Waals surface area (Å²) in [5, 5.41) is 0.986. The van der Waals surface area contributed by atoms with E-state index in [1.807, 2.05) is 6.07 Å². The molecule has 0 aliphatic rings. The third kappa shape index (κ3) is 1.63. The Kier molecular flexibility index (Phi) is 2.42. The van der Waals surface area contributed by atoms with Crippen LogP contribution in [-0.2, 0) is 0 Å². The second-order valence-corrected chi connectivity index (χ2v) is 3.63. The Bertz CT molecular complexity index is 164. The molecule has 1 nitrogen and oxygen atoms in total. The lowest BCUT2D eigenvalue weighted by atomic mass is 10.6. The number of thiophene rings is 1. The van der Waals surface area contributed by atoms with Crippen molar-refractivity contribution in [3.63, 3.8) is 0 Å². The van der Waals surface area contributed by atoms with Gasteiger partial charge in [-0.25, -0.2) is 0 Å². The normalized spacial score (nSPS) is 9.56. The second-order valence-electron chi connectivity index (χ2n) is 1.48. The Morgan fingerprint density at radius 3 is 2.67 bits per heavy atom. The minimum absolute atomic E-state index is 0.986. The predicted octanol–water partition coefficient (Wildman–Crippen LogP) is 2.48. The van der Waals surface area contributed by atoms with Crippen molar-refractivity contribution >= 4 is 23.1 Å². The van der Waals surface area contributed by atoms with Crippen LogP contribution in [0.1, 0.15) is 0 Å². The predicted molar refractivity (Wildman–Crippen MR) is 42.7 cm³/mol. The standard InChI is InChI=1S/C6H8OS2/c1-7-5-3-4-6(8-2)9-5/h3-4H,1-2H3. The van der Waals surface area contributed by atoms with E-state index < -0.39 is 0 Å². The van der Waals surface area contributed by atoms with E-state index in [-0.39, 0.29) is 0 Å². The fourth-order valence-electron chi connectivity index (χ4n) is 0.523. The highest BCUT2D eigenvalue weighted by Crippen LogP contribution is 2.30. The van der Waals surface area contributed by atoms with Gasteiger partial charge in [0.25, 0.3) is 0 Å². The molecule has 1 heterocycles. The molecule has 1 aromatic rings. The number of rotatable bonds is 2. The maximum absolute atomic E-state index is 5.00. The van der Waals surface area contributed by atoms with Crippen molar-refractivity contribution in [1.29, 1.82) is 0 Å². The van der Waals surface area contributed by atoms with E-state index >= 15 is 0 Å². The van der Waals surface area contributed by atoms with Crippen LogP contribution in [0.2, 0.25) is 0 Å². The highest BCUT2D eigenvalue weighted by molar-refractivity contribution is 8.00. The molecule has 0 saturated carbocycles. The fraction of sp³-hybridized carbons (Fsp3) is 0.333. The number of hydrogen-bond acceptors (Lipinski definition) is 3. The first-order valence-corrected chi connectivity index (χ1v) is 4.58. The molecule has 0 bridgehead atoms. The van der Waals surface area contributed by atoms with Crippen molar-refractivity contribution in [3.05, 3.63) is 12.1 Å². The molecule has 0 aliphatic carbocycles. The van der Waals surface area contributed by atoms with Crippen molar-refractivity contribution in [3.8, 4) is 5.06 Å². The molecular formula is C6H8OS2. The Morgan fingerprint density at radius 2 is 2.33 bits per heavy atom. The minimum atomic E-state index is 0.986. The number of methoxy groups -OCH3 is 1. The summed E-state index contributed by atoms with van der Waals surface area (Å²) in [5.41, 5.74) is 0. The van der Waals surface area contributed by atoms with Crippen LogP contribution in [0.15, 0.2) is 16.3 Å². The summed E-state index contributed by atoms with van der Waals surface area (Å²) in [6.45, 7) is 0. The Morgan fingerprint density at radius 1 is 1.56 bits per heavy atom. The van der Waals surface area contributed by atoms with Crippen LogP contribution >= 0.6 is 23.1 Å². The molecule has 1 rings (SSSR count). The van der Waals surface area contributed by atoms with Crippen LogP contribution in [0, 0.1) is 0 Å². The van der Waals surface area contributed by atoms with Gasteiger partial charge in [0.1, 0.15) is 0 Å². The molecule has 0 radical (unpaired) electrons. The smallest absolute Gasteiger partial charge is 0.174 e. The van der Waals surface area contributed by atoms with Gasteiger partial charge in [0.2, 0.25) is 0 Å². The van der Waals surface area contributed by atoms with Crippen molar-refractivity contribution in [2.75, 3.05) is 13.4 Å². The topological polar surface area (TPSA) is 9.23 Å². The van der Waals surface area contributed by atoms with Crippen LogP contribution in [-0.4, -0.2) is 13.4 Å². The minimum Gasteiger partial charge on any atom is -0.487 e. The van der Waals surface area contributed by atoms with E-state index in [4.69, 9.17) is 4.74 Å². The van der Waals surface area contributed by atoms with E-state index in [1.54, 1.807) is 30.2 Å². The van der Waals surface area contributed by atoms with Gasteiger partial charge in [0.15, 0.2) is 5.06 Å². The Labute approximate surface area is 63.0 Å². The average molecular weight is 160 g/mol. The largest absolute Gasteiger partial charge is 0.487 e. The summed E-state index contributed by atoms with van der Waals surface area (Å²) in [6, 6.07) is 4.05. The maximum Gasteiger partial charge on any atom is 0.174 e. The highest BCUT2D eigenvalue weighted by Gasteiger charge is 1.95. The maximum atomic E-state index is 5.00. The van der Waals surface area contributed by atoms with Crippen molar-refractivity contribution in [1.82, 2.24) is 0 Å². The zero-order valence-corrected chi connectivity index (χ0v) is 7.01. The lowest BCUT2D eigenvalue weighted by Crippen LogP contribution is -1.73. The fourth-order valence-corrected chi connectivity index (χ4v) is 1.86. The summed E-state index contributed by atoms with van der Waals surface area (Å²) in [5.74, 6) is 0. The quantitative estimate of drug-likeness (QED) is 0.615. The van der Waals surface area contributed by atoms with Gasteiger partial charge in [-0.15, -0.1) is 11.8 Å². The molecular weight excluding hydrogens is 152 g/mol. The van der Waals surface area contributed by atoms with E-state index in [0.717, 1.165) is 5.06 Å². The zero-order valence-electron chi connectivity index (χ0n) is 5.38. The van der Waals surface area contributed by atoms with Crippen molar-refractivity contribution in [2.24, 2.45) is 0 Å². The SMILES string of the molecule is COc1ccc(SC)s1. The van der Waals surface area contributed by atoms with Gasteiger partial charge < -0.3 is 4.74 Å². The first kappa shape index (κ1) is 6.96. The summed E-state index contributed by atoms with van der Waals surface area (Å²) in [7, 11) is 1.69. The van der Waals surface area contributed by atoms with E-state index in [9.17, 15) is 0 Å². The molecule has 0 spiro atoms. The first-order chi connectivity index (χ1) is 4.36. The highest BCUT2D eigenvalue weighted by atomic mass is 32.2. The molecule has 50 valence electrons. The monoisotopic (exact) mass is 160 g/mol. The van der Waals surface area contributed by atoms with E-state index in [2.05, 4.69) is 12.3 Å². The van der Waals surface area contributed by atoms with E-state index in [1.165, 1.54) is 4.21 Å². The lowest BCUT2D eigenvalue weighted by Gasteiger charge is -1.88. The third-order valence-electron chi connectivity index (χ3n) is 0.959. The Balaban J connectivity index is 2.74. The molecule has 9 heavy (non-hydrogen) atoms. The molecule has 0 aliphatic heterocycles. The summed E-state index contributed by atoms with van der Waals surface area (Å²) >= 11 is 3.42. The van der Waals surface area contributed by atoms with Gasteiger partial charge in [0.05, 0.1) is 11.3 Å².